The third-order valence-corrected chi connectivity index (χ3v) is 2.44. The minimum absolute atomic E-state index is 0. The van der Waals surface area contributed by atoms with Crippen molar-refractivity contribution in [1.29, 1.82) is 0 Å². The van der Waals surface area contributed by atoms with Crippen LogP contribution < -0.4 is 59.1 Å². The van der Waals surface area contributed by atoms with Crippen LogP contribution in [0.4, 0.5) is 0 Å². The van der Waals surface area contributed by atoms with E-state index in [9.17, 15) is 0 Å². The number of thiocarbonyl (C=S) groups is 2. The largest absolute Gasteiger partial charge is 1.00 e. The molecule has 0 N–H and O–H groups in total. The van der Waals surface area contributed by atoms with E-state index in [4.69, 9.17) is 0 Å². The summed E-state index contributed by atoms with van der Waals surface area (Å²) in [4.78, 5) is 3.93. The average Bonchev–Trinajstić information content (AvgIpc) is 2.85. The first-order valence-electron chi connectivity index (χ1n) is 3.53. The van der Waals surface area contributed by atoms with Gasteiger partial charge in [0.2, 0.25) is 0 Å². The van der Waals surface area contributed by atoms with Crippen LogP contribution in [0.25, 0.3) is 0 Å². The Morgan fingerprint density at radius 1 is 0.786 bits per heavy atom. The van der Waals surface area contributed by atoms with Crippen molar-refractivity contribution in [3.63, 3.8) is 0 Å². The molecule has 2 rings (SSSR count). The fourth-order valence-corrected chi connectivity index (χ4v) is 1.20. The molecule has 0 aromatic rings. The smallest absolute Gasteiger partial charge is 0.411 e. The molecule has 2 aliphatic rings. The molecule has 2 heterocycles. The Bertz CT molecular complexity index is 184. The fraction of sp³-hybridized carbons (Fsp3) is 0.667. The molecule has 0 aliphatic carbocycles. The molecule has 0 amide bonds. The van der Waals surface area contributed by atoms with Gasteiger partial charge in [-0.05, 0) is 0 Å². The maximum Gasteiger partial charge on any atom is 1.00 e. The summed E-state index contributed by atoms with van der Waals surface area (Å²) in [5.74, 6) is 0. The van der Waals surface area contributed by atoms with Gasteiger partial charge in [0.25, 0.3) is 0 Å². The van der Waals surface area contributed by atoms with Crippen LogP contribution >= 0.6 is 24.4 Å². The van der Waals surface area contributed by atoms with E-state index in [-0.39, 0.29) is 59.1 Å². The molecule has 0 aromatic carbocycles. The Labute approximate surface area is 151 Å². The van der Waals surface area contributed by atoms with Crippen molar-refractivity contribution in [1.82, 2.24) is 9.80 Å². The summed E-state index contributed by atoms with van der Waals surface area (Å²) in [7, 11) is 0. The van der Waals surface area contributed by atoms with Crippen molar-refractivity contribution >= 4 is 58.3 Å². The van der Waals surface area contributed by atoms with E-state index in [1.54, 1.807) is 0 Å². The molecule has 2 fully saturated rings. The molecular formula is C6H8N2Na2S4. The van der Waals surface area contributed by atoms with Crippen molar-refractivity contribution in [2.45, 2.75) is 0 Å². The zero-order chi connectivity index (χ0) is 9.14. The summed E-state index contributed by atoms with van der Waals surface area (Å²) in [5, 5.41) is 0. The summed E-state index contributed by atoms with van der Waals surface area (Å²) in [6.45, 7) is 4.34. The second kappa shape index (κ2) is 9.27. The second-order valence-electron chi connectivity index (χ2n) is 2.51. The van der Waals surface area contributed by atoms with Crippen LogP contribution in [0.15, 0.2) is 0 Å². The Kier molecular flexibility index (Phi) is 12.3. The molecule has 14 heavy (non-hydrogen) atoms. The van der Waals surface area contributed by atoms with E-state index in [1.165, 1.54) is 0 Å². The third kappa shape index (κ3) is 9.45. The molecular weight excluding hydrogens is 274 g/mol. The van der Waals surface area contributed by atoms with E-state index >= 15 is 0 Å². The Balaban J connectivity index is 0. The molecule has 0 unspecified atom stereocenters. The molecule has 0 saturated carbocycles. The zero-order valence-electron chi connectivity index (χ0n) is 8.36. The van der Waals surface area contributed by atoms with Crippen molar-refractivity contribution in [2.75, 3.05) is 26.2 Å². The molecule has 68 valence electrons. The third-order valence-electron chi connectivity index (χ3n) is 1.41. The number of rotatable bonds is 0. The van der Waals surface area contributed by atoms with Crippen LogP contribution in [0.1, 0.15) is 0 Å². The zero-order valence-corrected chi connectivity index (χ0v) is 15.6. The summed E-state index contributed by atoms with van der Waals surface area (Å²) in [6, 6.07) is 0. The van der Waals surface area contributed by atoms with Crippen molar-refractivity contribution < 1.29 is 59.1 Å². The van der Waals surface area contributed by atoms with Gasteiger partial charge >= 0.3 is 59.1 Å². The van der Waals surface area contributed by atoms with Crippen molar-refractivity contribution in [3.8, 4) is 0 Å². The van der Waals surface area contributed by atoms with Gasteiger partial charge in [0, 0.05) is 26.2 Å². The number of hydrogen-bond donors (Lipinski definition) is 0. The summed E-state index contributed by atoms with van der Waals surface area (Å²) in [5.41, 5.74) is 0. The topological polar surface area (TPSA) is 6.02 Å². The van der Waals surface area contributed by atoms with Gasteiger partial charge in [-0.25, -0.2) is 0 Å². The van der Waals surface area contributed by atoms with Gasteiger partial charge in [0.1, 0.15) is 0 Å². The van der Waals surface area contributed by atoms with Crippen LogP contribution in [-0.2, 0) is 25.3 Å². The van der Waals surface area contributed by atoms with Gasteiger partial charge in [-0.1, -0.05) is 8.64 Å². The van der Waals surface area contributed by atoms with E-state index in [0.717, 1.165) is 26.2 Å². The van der Waals surface area contributed by atoms with Gasteiger partial charge in [0.05, 0.1) is 0 Å². The van der Waals surface area contributed by atoms with E-state index in [0.29, 0.717) is 8.64 Å². The van der Waals surface area contributed by atoms with Gasteiger partial charge in [-0.2, -0.15) is 0 Å². The Morgan fingerprint density at radius 3 is 1.00 bits per heavy atom. The number of hydrogen-bond acceptors (Lipinski definition) is 4. The first-order chi connectivity index (χ1) is 5.61. The fourth-order valence-electron chi connectivity index (χ4n) is 0.465. The molecule has 2 aliphatic heterocycles. The van der Waals surface area contributed by atoms with Crippen LogP contribution in [0.2, 0.25) is 0 Å². The number of nitrogens with zero attached hydrogens (tertiary/aromatic N) is 2. The summed E-state index contributed by atoms with van der Waals surface area (Å²) < 4.78 is 1.24. The molecule has 0 spiro atoms. The van der Waals surface area contributed by atoms with Gasteiger partial charge in [-0.15, -0.1) is 0 Å². The van der Waals surface area contributed by atoms with Gasteiger partial charge in [-0.3, -0.25) is 0 Å². The average molecular weight is 282 g/mol. The van der Waals surface area contributed by atoms with E-state index in [1.807, 2.05) is 9.80 Å². The predicted molar refractivity (Wildman–Crippen MR) is 63.1 cm³/mol. The van der Waals surface area contributed by atoms with E-state index < -0.39 is 0 Å². The maximum absolute atomic E-state index is 4.62. The van der Waals surface area contributed by atoms with Gasteiger partial charge in [0.15, 0.2) is 0 Å². The SMILES string of the molecule is S=C([S-])N1CC1.S=C([S-])N1CC1.[Na+].[Na+]. The van der Waals surface area contributed by atoms with Crippen molar-refractivity contribution in [3.05, 3.63) is 0 Å². The molecule has 0 aromatic heterocycles. The summed E-state index contributed by atoms with van der Waals surface area (Å²) in [6.07, 6.45) is 0. The van der Waals surface area contributed by atoms with Crippen molar-refractivity contribution in [2.24, 2.45) is 0 Å². The maximum atomic E-state index is 4.62. The van der Waals surface area contributed by atoms with Crippen LogP contribution in [0, 0.1) is 0 Å². The van der Waals surface area contributed by atoms with Crippen LogP contribution in [0.3, 0.4) is 0 Å². The van der Waals surface area contributed by atoms with Gasteiger partial charge < -0.3 is 59.5 Å². The van der Waals surface area contributed by atoms with Crippen LogP contribution in [-0.4, -0.2) is 44.6 Å². The molecule has 8 heteroatoms. The Hall–Kier alpha value is 2.22. The first kappa shape index (κ1) is 18.6. The molecule has 2 saturated heterocycles. The quantitative estimate of drug-likeness (QED) is 0.188. The monoisotopic (exact) mass is 282 g/mol. The molecule has 0 radical (unpaired) electrons. The standard InChI is InChI=1S/2C3H5NS2.2Na/c2*5-3(6)4-1-2-4;;/h2*1-2H2,(H,5,6);;/q;;2*+1/p-2. The normalized spacial score (nSPS) is 15.1. The molecule has 0 atom stereocenters. The summed E-state index contributed by atoms with van der Waals surface area (Å²) >= 11 is 18.5. The molecule has 0 bridgehead atoms. The minimum atomic E-state index is 0. The first-order valence-corrected chi connectivity index (χ1v) is 5.16. The second-order valence-corrected chi connectivity index (χ2v) is 4.57. The minimum Gasteiger partial charge on any atom is -0.411 e. The van der Waals surface area contributed by atoms with Crippen LogP contribution in [0.5, 0.6) is 0 Å². The Morgan fingerprint density at radius 2 is 1.00 bits per heavy atom. The predicted octanol–water partition coefficient (Wildman–Crippen LogP) is -5.72. The van der Waals surface area contributed by atoms with E-state index in [2.05, 4.69) is 49.7 Å². The molecule has 2 nitrogen and oxygen atoms in total.